The van der Waals surface area contributed by atoms with Crippen molar-refractivity contribution in [1.29, 1.82) is 0 Å². The summed E-state index contributed by atoms with van der Waals surface area (Å²) >= 11 is 0. The third-order valence-electron chi connectivity index (χ3n) is 5.75. The van der Waals surface area contributed by atoms with E-state index in [0.717, 1.165) is 31.8 Å². The zero-order chi connectivity index (χ0) is 19.4. The summed E-state index contributed by atoms with van der Waals surface area (Å²) in [5.74, 6) is 1.58. The second kappa shape index (κ2) is 9.76. The van der Waals surface area contributed by atoms with Gasteiger partial charge in [-0.15, -0.1) is 12.4 Å². The molecule has 0 amide bonds. The maximum atomic E-state index is 13.3. The molecule has 3 rings (SSSR count). The van der Waals surface area contributed by atoms with E-state index >= 15 is 0 Å². The molecular formula is C24H33ClFNO. The van der Waals surface area contributed by atoms with Gasteiger partial charge in [0, 0.05) is 12.5 Å². The lowest BCUT2D eigenvalue weighted by Crippen LogP contribution is -2.41. The molecule has 0 N–H and O–H groups in total. The minimum atomic E-state index is -0.170. The third kappa shape index (κ3) is 5.71. The van der Waals surface area contributed by atoms with Gasteiger partial charge in [-0.05, 0) is 66.2 Å². The Kier molecular flexibility index (Phi) is 7.91. The summed E-state index contributed by atoms with van der Waals surface area (Å²) in [6, 6.07) is 15.5. The van der Waals surface area contributed by atoms with Gasteiger partial charge in [0.1, 0.15) is 11.6 Å². The van der Waals surface area contributed by atoms with Crippen LogP contribution in [0.2, 0.25) is 0 Å². The molecule has 0 saturated carbocycles. The number of halogens is 2. The van der Waals surface area contributed by atoms with E-state index in [-0.39, 0.29) is 23.6 Å². The first-order valence-corrected chi connectivity index (χ1v) is 10.1. The molecule has 0 aromatic heterocycles. The smallest absolute Gasteiger partial charge is 0.123 e. The van der Waals surface area contributed by atoms with Crippen LogP contribution in [0.15, 0.2) is 48.5 Å². The molecule has 2 aromatic carbocycles. The second-order valence-electron chi connectivity index (χ2n) is 8.69. The molecule has 1 heterocycles. The minimum absolute atomic E-state index is 0. The Morgan fingerprint density at radius 1 is 1.04 bits per heavy atom. The van der Waals surface area contributed by atoms with E-state index in [0.29, 0.717) is 18.4 Å². The summed E-state index contributed by atoms with van der Waals surface area (Å²) in [5.41, 5.74) is 2.69. The average Bonchev–Trinajstić information content (AvgIpc) is 2.66. The maximum Gasteiger partial charge on any atom is 0.123 e. The first-order chi connectivity index (χ1) is 12.9. The van der Waals surface area contributed by atoms with Crippen molar-refractivity contribution in [2.75, 3.05) is 26.2 Å². The van der Waals surface area contributed by atoms with Crippen molar-refractivity contribution in [2.24, 2.45) is 5.92 Å². The van der Waals surface area contributed by atoms with E-state index in [1.165, 1.54) is 11.1 Å². The molecule has 1 aliphatic rings. The summed E-state index contributed by atoms with van der Waals surface area (Å²) in [6.45, 7) is 12.7. The quantitative estimate of drug-likeness (QED) is 0.600. The predicted molar refractivity (Wildman–Crippen MR) is 117 cm³/mol. The van der Waals surface area contributed by atoms with Crippen LogP contribution in [0.5, 0.6) is 5.75 Å². The van der Waals surface area contributed by atoms with E-state index < -0.39 is 0 Å². The molecule has 0 aliphatic carbocycles. The van der Waals surface area contributed by atoms with Gasteiger partial charge < -0.3 is 9.64 Å². The Morgan fingerprint density at radius 3 is 2.25 bits per heavy atom. The van der Waals surface area contributed by atoms with Crippen molar-refractivity contribution in [3.05, 3.63) is 65.5 Å². The van der Waals surface area contributed by atoms with Crippen molar-refractivity contribution in [2.45, 2.75) is 45.4 Å². The maximum absolute atomic E-state index is 13.3. The second-order valence-corrected chi connectivity index (χ2v) is 8.69. The predicted octanol–water partition coefficient (Wildman–Crippen LogP) is 6.05. The lowest BCUT2D eigenvalue weighted by atomic mass is 9.81. The van der Waals surface area contributed by atoms with Gasteiger partial charge in [-0.25, -0.2) is 4.39 Å². The van der Waals surface area contributed by atoms with Crippen molar-refractivity contribution in [3.8, 4) is 5.75 Å². The monoisotopic (exact) mass is 405 g/mol. The lowest BCUT2D eigenvalue weighted by Gasteiger charge is -2.38. The Bertz CT molecular complexity index is 724. The van der Waals surface area contributed by atoms with Crippen LogP contribution in [0.4, 0.5) is 4.39 Å². The van der Waals surface area contributed by atoms with Gasteiger partial charge in [-0.1, -0.05) is 52.0 Å². The lowest BCUT2D eigenvalue weighted by molar-refractivity contribution is 0.115. The van der Waals surface area contributed by atoms with E-state index in [1.54, 1.807) is 12.1 Å². The molecule has 2 aromatic rings. The molecule has 28 heavy (non-hydrogen) atoms. The van der Waals surface area contributed by atoms with Crippen molar-refractivity contribution in [3.63, 3.8) is 0 Å². The summed E-state index contributed by atoms with van der Waals surface area (Å²) in [6.07, 6.45) is 1.09. The molecule has 2 nitrogen and oxygen atoms in total. The molecule has 0 radical (unpaired) electrons. The van der Waals surface area contributed by atoms with E-state index in [4.69, 9.17) is 4.74 Å². The fourth-order valence-corrected chi connectivity index (χ4v) is 3.97. The Labute approximate surface area is 175 Å². The summed E-state index contributed by atoms with van der Waals surface area (Å²) in [7, 11) is 0. The fourth-order valence-electron chi connectivity index (χ4n) is 3.97. The van der Waals surface area contributed by atoms with Crippen LogP contribution in [0.1, 0.15) is 51.2 Å². The highest BCUT2D eigenvalue weighted by Gasteiger charge is 2.30. The summed E-state index contributed by atoms with van der Waals surface area (Å²) in [4.78, 5) is 2.48. The van der Waals surface area contributed by atoms with Gasteiger partial charge in [-0.3, -0.25) is 0 Å². The molecular weight excluding hydrogens is 373 g/mol. The van der Waals surface area contributed by atoms with Crippen LogP contribution in [0.3, 0.4) is 0 Å². The van der Waals surface area contributed by atoms with Gasteiger partial charge in [0.15, 0.2) is 0 Å². The molecule has 0 spiro atoms. The number of ether oxygens (including phenoxy) is 1. The van der Waals surface area contributed by atoms with Crippen molar-refractivity contribution < 1.29 is 9.13 Å². The minimum Gasteiger partial charge on any atom is -0.493 e. The van der Waals surface area contributed by atoms with Gasteiger partial charge in [0.2, 0.25) is 0 Å². The first-order valence-electron chi connectivity index (χ1n) is 10.1. The van der Waals surface area contributed by atoms with E-state index in [1.807, 2.05) is 12.1 Å². The molecule has 2 unspecified atom stereocenters. The highest BCUT2D eigenvalue weighted by molar-refractivity contribution is 5.85. The SMILES string of the molecule is CCN1CCC(c2ccc(F)cc2)C(COc2ccc(C(C)(C)C)cc2)C1.Cl. The Balaban J connectivity index is 0.00000280. The average molecular weight is 406 g/mol. The van der Waals surface area contributed by atoms with Gasteiger partial charge in [0.05, 0.1) is 6.61 Å². The highest BCUT2D eigenvalue weighted by Crippen LogP contribution is 2.34. The molecule has 1 fully saturated rings. The van der Waals surface area contributed by atoms with Gasteiger partial charge >= 0.3 is 0 Å². The molecule has 2 atom stereocenters. The van der Waals surface area contributed by atoms with Crippen LogP contribution in [-0.4, -0.2) is 31.1 Å². The largest absolute Gasteiger partial charge is 0.493 e. The number of hydrogen-bond donors (Lipinski definition) is 0. The molecule has 154 valence electrons. The fraction of sp³-hybridized carbons (Fsp3) is 0.500. The van der Waals surface area contributed by atoms with Crippen LogP contribution in [0.25, 0.3) is 0 Å². The normalized spacial score (nSPS) is 20.5. The number of rotatable bonds is 5. The first kappa shape index (κ1) is 22.7. The van der Waals surface area contributed by atoms with Crippen molar-refractivity contribution >= 4 is 12.4 Å². The van der Waals surface area contributed by atoms with Gasteiger partial charge in [0.25, 0.3) is 0 Å². The molecule has 1 aliphatic heterocycles. The number of benzene rings is 2. The van der Waals surface area contributed by atoms with Crippen LogP contribution >= 0.6 is 12.4 Å². The van der Waals surface area contributed by atoms with Crippen LogP contribution < -0.4 is 4.74 Å². The Hall–Kier alpha value is -1.58. The third-order valence-corrected chi connectivity index (χ3v) is 5.75. The highest BCUT2D eigenvalue weighted by atomic mass is 35.5. The Morgan fingerprint density at radius 2 is 1.68 bits per heavy atom. The zero-order valence-corrected chi connectivity index (χ0v) is 18.3. The molecule has 4 heteroatoms. The van der Waals surface area contributed by atoms with Crippen LogP contribution in [-0.2, 0) is 5.41 Å². The summed E-state index contributed by atoms with van der Waals surface area (Å²) in [5, 5.41) is 0. The summed E-state index contributed by atoms with van der Waals surface area (Å²) < 4.78 is 19.5. The molecule has 0 bridgehead atoms. The van der Waals surface area contributed by atoms with Gasteiger partial charge in [-0.2, -0.15) is 0 Å². The number of nitrogens with zero attached hydrogens (tertiary/aromatic N) is 1. The number of hydrogen-bond acceptors (Lipinski definition) is 2. The van der Waals surface area contributed by atoms with Crippen molar-refractivity contribution in [1.82, 2.24) is 4.90 Å². The standard InChI is InChI=1S/C24H32FNO.ClH/c1-5-26-15-14-23(18-6-10-21(25)11-7-18)19(16-26)17-27-22-12-8-20(9-13-22)24(2,3)4;/h6-13,19,23H,5,14-17H2,1-4H3;1H. The topological polar surface area (TPSA) is 12.5 Å². The number of likely N-dealkylation sites (tertiary alicyclic amines) is 1. The molecule has 1 saturated heterocycles. The zero-order valence-electron chi connectivity index (χ0n) is 17.5. The van der Waals surface area contributed by atoms with Crippen LogP contribution in [0, 0.1) is 11.7 Å². The number of piperidine rings is 1. The van der Waals surface area contributed by atoms with E-state index in [2.05, 4.69) is 56.9 Å². The van der Waals surface area contributed by atoms with E-state index in [9.17, 15) is 4.39 Å².